The molecule has 108 valence electrons. The van der Waals surface area contributed by atoms with Gasteiger partial charge in [-0.15, -0.1) is 24.0 Å². The number of hydrogen-bond acceptors (Lipinski definition) is 4. The van der Waals surface area contributed by atoms with Crippen molar-refractivity contribution >= 4 is 35.6 Å². The monoisotopic (exact) mass is 387 g/mol. The van der Waals surface area contributed by atoms with Crippen LogP contribution in [0.5, 0.6) is 0 Å². The lowest BCUT2D eigenvalue weighted by Gasteiger charge is -2.06. The quantitative estimate of drug-likeness (QED) is 0.478. The maximum absolute atomic E-state index is 5.80. The van der Waals surface area contributed by atoms with E-state index in [1.54, 1.807) is 6.92 Å². The number of halogens is 1. The summed E-state index contributed by atoms with van der Waals surface area (Å²) in [7, 11) is 0. The third-order valence-corrected chi connectivity index (χ3v) is 2.57. The van der Waals surface area contributed by atoms with Crippen molar-refractivity contribution in [1.29, 1.82) is 0 Å². The molecule has 20 heavy (non-hydrogen) atoms. The first-order valence-corrected chi connectivity index (χ1v) is 6.12. The number of anilines is 1. The summed E-state index contributed by atoms with van der Waals surface area (Å²) in [6.07, 6.45) is 0.981. The number of aryl methyl sites for hydroxylation is 2. The average molecular weight is 387 g/mol. The van der Waals surface area contributed by atoms with Crippen molar-refractivity contribution in [3.05, 3.63) is 41.5 Å². The number of guanidine groups is 1. The second kappa shape index (κ2) is 7.83. The van der Waals surface area contributed by atoms with E-state index in [2.05, 4.69) is 33.4 Å². The summed E-state index contributed by atoms with van der Waals surface area (Å²) in [5, 5.41) is 6.78. The van der Waals surface area contributed by atoms with E-state index in [0.29, 0.717) is 24.2 Å². The summed E-state index contributed by atoms with van der Waals surface area (Å²) in [5.41, 5.74) is 7.97. The Morgan fingerprint density at radius 1 is 1.45 bits per heavy atom. The zero-order valence-electron chi connectivity index (χ0n) is 11.5. The molecular formula is C13H18IN5O. The summed E-state index contributed by atoms with van der Waals surface area (Å²) >= 11 is 0. The molecule has 0 radical (unpaired) electrons. The molecule has 2 aromatic rings. The molecule has 0 fully saturated rings. The topological polar surface area (TPSA) is 89.3 Å². The Hall–Kier alpha value is -1.64. The Morgan fingerprint density at radius 3 is 2.90 bits per heavy atom. The van der Waals surface area contributed by atoms with Crippen molar-refractivity contribution in [2.24, 2.45) is 10.7 Å². The second-order valence-electron chi connectivity index (χ2n) is 4.11. The second-order valence-corrected chi connectivity index (χ2v) is 4.11. The van der Waals surface area contributed by atoms with E-state index < -0.39 is 0 Å². The van der Waals surface area contributed by atoms with Gasteiger partial charge in [0.1, 0.15) is 6.54 Å². The predicted octanol–water partition coefficient (Wildman–Crippen LogP) is 2.49. The Balaban J connectivity index is 0.00000200. The van der Waals surface area contributed by atoms with Crippen molar-refractivity contribution in [3.8, 4) is 0 Å². The SMILES string of the molecule is CCc1cccc(NC(N)=NCc2noc(C)n2)c1.I. The standard InChI is InChI=1S/C13H17N5O.HI/c1-3-10-5-4-6-11(7-10)17-13(14)15-8-12-16-9(2)19-18-12;/h4-7H,3,8H2,1-2H3,(H3,14,15,17);1H. The molecule has 0 unspecified atom stereocenters. The molecule has 0 aliphatic rings. The van der Waals surface area contributed by atoms with Gasteiger partial charge in [0, 0.05) is 12.6 Å². The van der Waals surface area contributed by atoms with Crippen molar-refractivity contribution in [2.45, 2.75) is 26.8 Å². The molecule has 0 saturated heterocycles. The maximum Gasteiger partial charge on any atom is 0.223 e. The molecule has 1 aromatic heterocycles. The van der Waals surface area contributed by atoms with Gasteiger partial charge < -0.3 is 15.6 Å². The van der Waals surface area contributed by atoms with Crippen LogP contribution in [0.15, 0.2) is 33.8 Å². The first-order valence-electron chi connectivity index (χ1n) is 6.12. The van der Waals surface area contributed by atoms with Gasteiger partial charge in [0.05, 0.1) is 0 Å². The number of nitrogens with one attached hydrogen (secondary N) is 1. The molecule has 0 atom stereocenters. The zero-order chi connectivity index (χ0) is 13.7. The molecule has 0 bridgehead atoms. The van der Waals surface area contributed by atoms with Gasteiger partial charge in [0.2, 0.25) is 5.89 Å². The first-order chi connectivity index (χ1) is 9.17. The van der Waals surface area contributed by atoms with E-state index >= 15 is 0 Å². The van der Waals surface area contributed by atoms with E-state index in [4.69, 9.17) is 10.3 Å². The molecule has 0 aliphatic carbocycles. The zero-order valence-corrected chi connectivity index (χ0v) is 13.8. The third kappa shape index (κ3) is 4.80. The molecule has 0 saturated carbocycles. The molecule has 2 rings (SSSR count). The van der Waals surface area contributed by atoms with Crippen LogP contribution >= 0.6 is 24.0 Å². The molecule has 0 amide bonds. The van der Waals surface area contributed by atoms with Gasteiger partial charge in [-0.2, -0.15) is 4.98 Å². The van der Waals surface area contributed by atoms with E-state index in [1.165, 1.54) is 5.56 Å². The Bertz CT molecular complexity index is 582. The molecule has 1 heterocycles. The summed E-state index contributed by atoms with van der Waals surface area (Å²) in [6, 6.07) is 8.04. The molecule has 7 heteroatoms. The van der Waals surface area contributed by atoms with Crippen molar-refractivity contribution in [3.63, 3.8) is 0 Å². The number of aromatic nitrogens is 2. The van der Waals surface area contributed by atoms with Gasteiger partial charge in [-0.3, -0.25) is 0 Å². The summed E-state index contributed by atoms with van der Waals surface area (Å²) in [5.74, 6) is 1.37. The van der Waals surface area contributed by atoms with Gasteiger partial charge in [0.25, 0.3) is 0 Å². The van der Waals surface area contributed by atoms with E-state index in [1.807, 2.05) is 18.2 Å². The third-order valence-electron chi connectivity index (χ3n) is 2.57. The van der Waals surface area contributed by atoms with Crippen molar-refractivity contribution < 1.29 is 4.52 Å². The minimum Gasteiger partial charge on any atom is -0.370 e. The number of rotatable bonds is 4. The van der Waals surface area contributed by atoms with Gasteiger partial charge in [0.15, 0.2) is 11.8 Å². The lowest BCUT2D eigenvalue weighted by Crippen LogP contribution is -2.22. The fourth-order valence-corrected chi connectivity index (χ4v) is 1.62. The molecule has 0 aliphatic heterocycles. The van der Waals surface area contributed by atoms with Crippen LogP contribution in [0.2, 0.25) is 0 Å². The van der Waals surface area contributed by atoms with Crippen LogP contribution in [0.3, 0.4) is 0 Å². The van der Waals surface area contributed by atoms with Gasteiger partial charge in [-0.05, 0) is 24.1 Å². The number of aliphatic imine (C=N–C) groups is 1. The van der Waals surface area contributed by atoms with Crippen LogP contribution in [0.1, 0.15) is 24.2 Å². The summed E-state index contributed by atoms with van der Waals surface area (Å²) in [6.45, 7) is 4.14. The fourth-order valence-electron chi connectivity index (χ4n) is 1.62. The molecule has 6 nitrogen and oxygen atoms in total. The first kappa shape index (κ1) is 16.4. The molecule has 1 aromatic carbocycles. The van der Waals surface area contributed by atoms with Crippen LogP contribution in [-0.2, 0) is 13.0 Å². The Kier molecular flexibility index (Phi) is 6.43. The highest BCUT2D eigenvalue weighted by molar-refractivity contribution is 14.0. The van der Waals surface area contributed by atoms with Crippen LogP contribution in [0, 0.1) is 6.92 Å². The Morgan fingerprint density at radius 2 is 2.25 bits per heavy atom. The van der Waals surface area contributed by atoms with Gasteiger partial charge in [-0.25, -0.2) is 4.99 Å². The number of hydrogen-bond donors (Lipinski definition) is 2. The van der Waals surface area contributed by atoms with E-state index in [-0.39, 0.29) is 24.0 Å². The summed E-state index contributed by atoms with van der Waals surface area (Å²) < 4.78 is 4.85. The van der Waals surface area contributed by atoms with Crippen LogP contribution in [0.25, 0.3) is 0 Å². The minimum atomic E-state index is 0. The van der Waals surface area contributed by atoms with Crippen LogP contribution < -0.4 is 11.1 Å². The van der Waals surface area contributed by atoms with Gasteiger partial charge >= 0.3 is 0 Å². The van der Waals surface area contributed by atoms with Crippen LogP contribution in [0.4, 0.5) is 5.69 Å². The fraction of sp³-hybridized carbons (Fsp3) is 0.308. The highest BCUT2D eigenvalue weighted by atomic mass is 127. The summed E-state index contributed by atoms with van der Waals surface area (Å²) in [4.78, 5) is 8.21. The lowest BCUT2D eigenvalue weighted by atomic mass is 10.1. The number of benzene rings is 1. The highest BCUT2D eigenvalue weighted by Gasteiger charge is 2.01. The van der Waals surface area contributed by atoms with E-state index in [0.717, 1.165) is 12.1 Å². The van der Waals surface area contributed by atoms with E-state index in [9.17, 15) is 0 Å². The minimum absolute atomic E-state index is 0. The van der Waals surface area contributed by atoms with Gasteiger partial charge in [-0.1, -0.05) is 24.2 Å². The Labute approximate surface area is 134 Å². The normalized spacial score (nSPS) is 11.0. The largest absolute Gasteiger partial charge is 0.370 e. The number of nitrogens with zero attached hydrogens (tertiary/aromatic N) is 3. The molecular weight excluding hydrogens is 369 g/mol. The molecule has 3 N–H and O–H groups in total. The highest BCUT2D eigenvalue weighted by Crippen LogP contribution is 2.10. The predicted molar refractivity (Wildman–Crippen MR) is 89.2 cm³/mol. The lowest BCUT2D eigenvalue weighted by molar-refractivity contribution is 0.387. The molecule has 0 spiro atoms. The number of nitrogens with two attached hydrogens (primary N) is 1. The smallest absolute Gasteiger partial charge is 0.223 e. The van der Waals surface area contributed by atoms with Crippen molar-refractivity contribution in [2.75, 3.05) is 5.32 Å². The van der Waals surface area contributed by atoms with Crippen molar-refractivity contribution in [1.82, 2.24) is 10.1 Å². The average Bonchev–Trinajstić information content (AvgIpc) is 2.82. The van der Waals surface area contributed by atoms with Crippen LogP contribution in [-0.4, -0.2) is 16.1 Å². The maximum atomic E-state index is 5.80.